The minimum atomic E-state index is -5.42. The van der Waals surface area contributed by atoms with E-state index >= 15 is 0 Å². The summed E-state index contributed by atoms with van der Waals surface area (Å²) in [6, 6.07) is 5.01. The van der Waals surface area contributed by atoms with Crippen LogP contribution >= 0.6 is 0 Å². The van der Waals surface area contributed by atoms with Crippen LogP contribution < -0.4 is 10.6 Å². The third-order valence-corrected chi connectivity index (χ3v) is 5.11. The van der Waals surface area contributed by atoms with Gasteiger partial charge < -0.3 is 10.6 Å². The van der Waals surface area contributed by atoms with Gasteiger partial charge in [-0.3, -0.25) is 4.79 Å². The molecule has 1 saturated heterocycles. The maximum absolute atomic E-state index is 12.8. The van der Waals surface area contributed by atoms with Crippen molar-refractivity contribution in [3.05, 3.63) is 24.3 Å². The maximum Gasteiger partial charge on any atom is 0.501 e. The highest BCUT2D eigenvalue weighted by Crippen LogP contribution is 2.37. The second-order valence-electron chi connectivity index (χ2n) is 5.19. The molecule has 0 spiro atoms. The number of sulfone groups is 1. The first-order chi connectivity index (χ1) is 10.1. The maximum atomic E-state index is 12.8. The average Bonchev–Trinajstić information content (AvgIpc) is 2.85. The lowest BCUT2D eigenvalue weighted by Crippen LogP contribution is -2.28. The Balaban J connectivity index is 2.33. The molecule has 0 radical (unpaired) electrons. The monoisotopic (exact) mass is 336 g/mol. The summed E-state index contributed by atoms with van der Waals surface area (Å²) in [5, 5.41) is 0. The van der Waals surface area contributed by atoms with E-state index in [-0.39, 0.29) is 18.0 Å². The summed E-state index contributed by atoms with van der Waals surface area (Å²) in [6.45, 7) is 0.676. The van der Waals surface area contributed by atoms with E-state index in [1.165, 1.54) is 18.2 Å². The van der Waals surface area contributed by atoms with Crippen LogP contribution in [0.25, 0.3) is 0 Å². The van der Waals surface area contributed by atoms with Gasteiger partial charge in [-0.25, -0.2) is 8.42 Å². The summed E-state index contributed by atoms with van der Waals surface area (Å²) in [4.78, 5) is 11.7. The van der Waals surface area contributed by atoms with E-state index < -0.39 is 26.1 Å². The molecule has 1 heterocycles. The SMILES string of the molecule is NC(=O)C[C@H]1CCN(c2ccccc2S(=O)(=O)C(F)(F)F)C1. The molecule has 1 aliphatic heterocycles. The molecule has 0 aromatic heterocycles. The molecule has 1 aliphatic rings. The van der Waals surface area contributed by atoms with Crippen molar-refractivity contribution in [3.8, 4) is 0 Å². The van der Waals surface area contributed by atoms with E-state index in [1.807, 2.05) is 0 Å². The summed E-state index contributed by atoms with van der Waals surface area (Å²) in [7, 11) is -5.42. The second kappa shape index (κ2) is 5.79. The predicted molar refractivity (Wildman–Crippen MR) is 73.8 cm³/mol. The molecule has 9 heteroatoms. The number of carbonyl (C=O) groups is 1. The molecule has 1 atom stereocenters. The molecule has 5 nitrogen and oxygen atoms in total. The van der Waals surface area contributed by atoms with E-state index in [2.05, 4.69) is 0 Å². The lowest BCUT2D eigenvalue weighted by atomic mass is 10.1. The van der Waals surface area contributed by atoms with E-state index in [1.54, 1.807) is 4.90 Å². The lowest BCUT2D eigenvalue weighted by molar-refractivity contribution is -0.118. The molecule has 1 amide bonds. The highest BCUT2D eigenvalue weighted by molar-refractivity contribution is 7.92. The summed E-state index contributed by atoms with van der Waals surface area (Å²) >= 11 is 0. The van der Waals surface area contributed by atoms with Gasteiger partial charge in [-0.2, -0.15) is 13.2 Å². The van der Waals surface area contributed by atoms with E-state index in [4.69, 9.17) is 5.73 Å². The first-order valence-electron chi connectivity index (χ1n) is 6.56. The quantitative estimate of drug-likeness (QED) is 0.907. The standard InChI is InChI=1S/C13H15F3N2O3S/c14-13(15,16)22(20,21)11-4-2-1-3-10(11)18-6-5-9(8-18)7-12(17)19/h1-4,9H,5-8H2,(H2,17,19)/t9-/m1/s1. The smallest absolute Gasteiger partial charge is 0.370 e. The zero-order valence-corrected chi connectivity index (χ0v) is 12.3. The number of benzene rings is 1. The topological polar surface area (TPSA) is 80.5 Å². The molecule has 0 aliphatic carbocycles. The highest BCUT2D eigenvalue weighted by Gasteiger charge is 2.48. The Kier molecular flexibility index (Phi) is 4.37. The molecule has 1 aromatic carbocycles. The van der Waals surface area contributed by atoms with Gasteiger partial charge in [-0.1, -0.05) is 12.1 Å². The molecule has 0 saturated carbocycles. The Hall–Kier alpha value is -1.77. The van der Waals surface area contributed by atoms with Crippen molar-refractivity contribution in [1.82, 2.24) is 0 Å². The molecule has 1 fully saturated rings. The van der Waals surface area contributed by atoms with Crippen molar-refractivity contribution in [2.45, 2.75) is 23.2 Å². The van der Waals surface area contributed by atoms with E-state index in [9.17, 15) is 26.4 Å². The third-order valence-electron chi connectivity index (χ3n) is 3.58. The molecule has 2 rings (SSSR count). The largest absolute Gasteiger partial charge is 0.501 e. The number of nitrogens with zero attached hydrogens (tertiary/aromatic N) is 1. The Labute approximate surface area is 125 Å². The van der Waals surface area contributed by atoms with Gasteiger partial charge in [0, 0.05) is 19.5 Å². The van der Waals surface area contributed by atoms with Crippen LogP contribution in [0, 0.1) is 5.92 Å². The molecule has 22 heavy (non-hydrogen) atoms. The van der Waals surface area contributed by atoms with Crippen molar-refractivity contribution >= 4 is 21.4 Å². The normalized spacial score (nSPS) is 19.4. The number of amides is 1. The van der Waals surface area contributed by atoms with Crippen LogP contribution in [0.1, 0.15) is 12.8 Å². The van der Waals surface area contributed by atoms with Crippen LogP contribution in [0.5, 0.6) is 0 Å². The minimum Gasteiger partial charge on any atom is -0.370 e. The minimum absolute atomic E-state index is 0.00629. The number of alkyl halides is 3. The van der Waals surface area contributed by atoms with Crippen LogP contribution in [-0.2, 0) is 14.6 Å². The number of nitrogens with two attached hydrogens (primary N) is 1. The van der Waals surface area contributed by atoms with Gasteiger partial charge in [0.2, 0.25) is 5.91 Å². The lowest BCUT2D eigenvalue weighted by Gasteiger charge is -2.22. The van der Waals surface area contributed by atoms with Crippen LogP contribution in [-0.4, -0.2) is 32.9 Å². The summed E-state index contributed by atoms with van der Waals surface area (Å²) in [5.74, 6) is -0.567. The van der Waals surface area contributed by atoms with Gasteiger partial charge in [0.15, 0.2) is 0 Å². The Morgan fingerprint density at radius 3 is 2.55 bits per heavy atom. The zero-order valence-electron chi connectivity index (χ0n) is 11.5. The first kappa shape index (κ1) is 16.6. The molecule has 2 N–H and O–H groups in total. The number of hydrogen-bond donors (Lipinski definition) is 1. The van der Waals surface area contributed by atoms with Gasteiger partial charge >= 0.3 is 5.51 Å². The van der Waals surface area contributed by atoms with Gasteiger partial charge in [-0.15, -0.1) is 0 Å². The van der Waals surface area contributed by atoms with Gasteiger partial charge in [0.05, 0.1) is 10.6 Å². The fourth-order valence-corrected chi connectivity index (χ4v) is 3.55. The van der Waals surface area contributed by atoms with Crippen molar-refractivity contribution in [2.24, 2.45) is 11.7 Å². The third kappa shape index (κ3) is 3.18. The molecule has 122 valence electrons. The number of anilines is 1. The number of hydrogen-bond acceptors (Lipinski definition) is 4. The number of para-hydroxylation sites is 1. The number of halogens is 3. The molecular weight excluding hydrogens is 321 g/mol. The average molecular weight is 336 g/mol. The Morgan fingerprint density at radius 1 is 1.32 bits per heavy atom. The number of carbonyl (C=O) groups excluding carboxylic acids is 1. The van der Waals surface area contributed by atoms with Crippen molar-refractivity contribution in [1.29, 1.82) is 0 Å². The van der Waals surface area contributed by atoms with Crippen molar-refractivity contribution < 1.29 is 26.4 Å². The van der Waals surface area contributed by atoms with Crippen LogP contribution in [0.3, 0.4) is 0 Å². The molecule has 0 bridgehead atoms. The van der Waals surface area contributed by atoms with Crippen LogP contribution in [0.2, 0.25) is 0 Å². The van der Waals surface area contributed by atoms with Gasteiger partial charge in [0.25, 0.3) is 9.84 Å². The van der Waals surface area contributed by atoms with Crippen LogP contribution in [0.15, 0.2) is 29.2 Å². The van der Waals surface area contributed by atoms with Crippen molar-refractivity contribution in [3.63, 3.8) is 0 Å². The zero-order chi connectivity index (χ0) is 16.5. The first-order valence-corrected chi connectivity index (χ1v) is 8.05. The molecule has 0 unspecified atom stereocenters. The fourth-order valence-electron chi connectivity index (χ4n) is 2.57. The highest BCUT2D eigenvalue weighted by atomic mass is 32.2. The van der Waals surface area contributed by atoms with E-state index in [0.717, 1.165) is 6.07 Å². The summed E-state index contributed by atoms with van der Waals surface area (Å²) in [6.07, 6.45) is 0.702. The van der Waals surface area contributed by atoms with Crippen molar-refractivity contribution in [2.75, 3.05) is 18.0 Å². The van der Waals surface area contributed by atoms with Gasteiger partial charge in [0.1, 0.15) is 0 Å². The molecular formula is C13H15F3N2O3S. The number of rotatable bonds is 4. The van der Waals surface area contributed by atoms with Crippen LogP contribution in [0.4, 0.5) is 18.9 Å². The number of primary amides is 1. The molecule has 1 aromatic rings. The summed E-state index contributed by atoms with van der Waals surface area (Å²) in [5.41, 5.74) is -0.235. The fraction of sp³-hybridized carbons (Fsp3) is 0.462. The second-order valence-corrected chi connectivity index (χ2v) is 7.10. The van der Waals surface area contributed by atoms with Gasteiger partial charge in [-0.05, 0) is 24.5 Å². The predicted octanol–water partition coefficient (Wildman–Crippen LogP) is 1.68. The Bertz CT molecular complexity index is 673. The summed E-state index contributed by atoms with van der Waals surface area (Å²) < 4.78 is 61.6. The Morgan fingerprint density at radius 2 is 1.95 bits per heavy atom. The van der Waals surface area contributed by atoms with E-state index in [0.29, 0.717) is 19.5 Å².